The van der Waals surface area contributed by atoms with E-state index in [1.807, 2.05) is 24.4 Å². The van der Waals surface area contributed by atoms with Crippen LogP contribution in [0.5, 0.6) is 0 Å². The minimum absolute atomic E-state index is 0. The maximum atomic E-state index is 6.77. The first-order chi connectivity index (χ1) is 39.2. The molecule has 18 rings (SSSR count). The zero-order chi connectivity index (χ0) is 51.7. The number of hydrogen-bond acceptors (Lipinski definition) is 2. The summed E-state index contributed by atoms with van der Waals surface area (Å²) in [5, 5.41) is 11.2. The minimum atomic E-state index is 0. The molecule has 0 aliphatic heterocycles. The summed E-state index contributed by atoms with van der Waals surface area (Å²) in [7, 11) is 0. The number of benzene rings is 11. The molecule has 0 aliphatic rings. The maximum absolute atomic E-state index is 6.77. The normalized spacial score (nSPS) is 11.9. The van der Waals surface area contributed by atoms with Crippen LogP contribution in [-0.4, -0.2) is 22.6 Å². The van der Waals surface area contributed by atoms with E-state index in [2.05, 4.69) is 271 Å². The van der Waals surface area contributed by atoms with E-state index in [4.69, 9.17) is 9.40 Å². The molecule has 8 heteroatoms. The van der Waals surface area contributed by atoms with E-state index in [-0.39, 0.29) is 21.1 Å². The van der Waals surface area contributed by atoms with Crippen molar-refractivity contribution in [3.05, 3.63) is 273 Å². The quantitative estimate of drug-likeness (QED) is 0.121. The molecule has 11 aromatic carbocycles. The molecule has 0 atom stereocenters. The monoisotopic (exact) mass is 1200 g/mol. The van der Waals surface area contributed by atoms with Crippen LogP contribution in [0.2, 0.25) is 0 Å². The van der Waals surface area contributed by atoms with Crippen LogP contribution in [0, 0.1) is 18.5 Å². The molecule has 18 aromatic rings. The van der Waals surface area contributed by atoms with E-state index in [0.717, 1.165) is 126 Å². The molecule has 378 valence electrons. The van der Waals surface area contributed by atoms with Crippen molar-refractivity contribution in [1.29, 1.82) is 0 Å². The molecule has 7 heterocycles. The second-order valence-corrected chi connectivity index (χ2v) is 20.3. The molecule has 7 nitrogen and oxygen atoms in total. The number of nitrogens with zero attached hydrogens (tertiary/aromatic N) is 6. The fourth-order valence-electron chi connectivity index (χ4n) is 12.7. The van der Waals surface area contributed by atoms with E-state index in [1.165, 1.54) is 10.8 Å². The van der Waals surface area contributed by atoms with Gasteiger partial charge in [-0.1, -0.05) is 188 Å². The van der Waals surface area contributed by atoms with E-state index in [1.54, 1.807) is 0 Å². The Morgan fingerprint density at radius 2 is 0.925 bits per heavy atom. The topological polar surface area (TPSA) is 47.8 Å². The van der Waals surface area contributed by atoms with Crippen LogP contribution in [-0.2, 0) is 21.1 Å². The fraction of sp³-hybridized carbons (Fsp3) is 0. The van der Waals surface area contributed by atoms with Crippen LogP contribution in [0.25, 0.3) is 148 Å². The van der Waals surface area contributed by atoms with Crippen molar-refractivity contribution in [3.63, 3.8) is 0 Å². The summed E-state index contributed by atoms with van der Waals surface area (Å²) in [6, 6.07) is 96.2. The van der Waals surface area contributed by atoms with E-state index in [0.29, 0.717) is 11.2 Å². The van der Waals surface area contributed by atoms with Crippen molar-refractivity contribution in [2.24, 2.45) is 0 Å². The molecule has 0 radical (unpaired) electrons. The second kappa shape index (κ2) is 18.0. The Hall–Kier alpha value is -10.1. The first-order valence-corrected chi connectivity index (χ1v) is 26.6. The van der Waals surface area contributed by atoms with Crippen LogP contribution in [0.1, 0.15) is 0 Å². The molecule has 0 saturated carbocycles. The predicted octanol–water partition coefficient (Wildman–Crippen LogP) is 17.4. The largest absolute Gasteiger partial charge is 0.510 e. The number of rotatable bonds is 1. The van der Waals surface area contributed by atoms with Gasteiger partial charge in [-0.25, -0.2) is 4.98 Å². The Bertz CT molecular complexity index is 5690. The number of pyridine rings is 1. The van der Waals surface area contributed by atoms with Crippen LogP contribution < -0.4 is 4.40 Å². The second-order valence-electron chi connectivity index (χ2n) is 20.3. The molecule has 0 spiro atoms. The zero-order valence-electron chi connectivity index (χ0n) is 42.7. The Morgan fingerprint density at radius 1 is 0.375 bits per heavy atom. The van der Waals surface area contributed by atoms with Crippen molar-refractivity contribution in [1.82, 2.24) is 22.6 Å². The summed E-state index contributed by atoms with van der Waals surface area (Å²) in [6.45, 7) is 0. The van der Waals surface area contributed by atoms with Crippen molar-refractivity contribution in [2.45, 2.75) is 0 Å². The smallest absolute Gasteiger partial charge is 0.268 e. The van der Waals surface area contributed by atoms with Gasteiger partial charge in [0.1, 0.15) is 5.65 Å². The Labute approximate surface area is 470 Å². The van der Waals surface area contributed by atoms with Gasteiger partial charge < -0.3 is 22.0 Å². The number of hydrogen-bond donors (Lipinski definition) is 0. The average molecular weight is 1200 g/mol. The van der Waals surface area contributed by atoms with Crippen LogP contribution in [0.3, 0.4) is 0 Å². The molecule has 0 saturated heterocycles. The first kappa shape index (κ1) is 46.1. The van der Waals surface area contributed by atoms with Gasteiger partial charge in [0.25, 0.3) is 6.33 Å². The molecule has 8 bridgehead atoms. The zero-order valence-corrected chi connectivity index (χ0v) is 44.9. The van der Waals surface area contributed by atoms with Crippen LogP contribution >= 0.6 is 0 Å². The average Bonchev–Trinajstić information content (AvgIpc) is 4.46. The third-order valence-corrected chi connectivity index (χ3v) is 16.0. The SMILES string of the molecule is [Pt].[c-]1c2cccc1n1[c-][n+](c3ccccc31)c1c(-c3ccccc3)cccc1c1ccccc1c1cccc3c4ccccc4n(c4cccc5c6ccccc6n(c6ccc(nc6)n6c7[c-]c(ccc7c7ccccc76)o2)c54)c13. The molecular weight excluding hydrogens is 1160 g/mol. The van der Waals surface area contributed by atoms with Gasteiger partial charge >= 0.3 is 0 Å². The Kier molecular flexibility index (Phi) is 10.4. The van der Waals surface area contributed by atoms with Crippen molar-refractivity contribution < 1.29 is 29.9 Å². The van der Waals surface area contributed by atoms with Gasteiger partial charge in [-0.3, -0.25) is 4.40 Å². The van der Waals surface area contributed by atoms with Gasteiger partial charge in [0.15, 0.2) is 0 Å². The molecule has 0 amide bonds. The van der Waals surface area contributed by atoms with Gasteiger partial charge in [0.05, 0.1) is 55.8 Å². The summed E-state index contributed by atoms with van der Waals surface area (Å²) in [5.74, 6) is 0. The fourth-order valence-corrected chi connectivity index (χ4v) is 12.7. The summed E-state index contributed by atoms with van der Waals surface area (Å²) < 4.78 is 18.2. The third kappa shape index (κ3) is 6.77. The standard InChI is InChI=1S/C72H42N6O.Pt/c1-2-18-46(19-3-1)51-27-15-28-58-52-22-4-5-23-53(52)59-29-16-30-60-55-25-8-11-34-64(55)78(71(59)60)67-37-17-31-61-56-26-7-9-32-62(56)76(72(61)67)48-38-41-69(73-44-48)77-63-33-10-6-24-54(63)57-40-39-50(43-68(57)77)79-49-21-14-20-47(42-49)74-45-75(70(51)58)66-36-13-12-35-65(66)74;/h1-41,44H;/q-2;. The molecule has 7 aromatic heterocycles. The van der Waals surface area contributed by atoms with E-state index in [9.17, 15) is 0 Å². The third-order valence-electron chi connectivity index (χ3n) is 16.0. The van der Waals surface area contributed by atoms with Gasteiger partial charge in [-0.05, 0) is 74.6 Å². The Morgan fingerprint density at radius 3 is 1.68 bits per heavy atom. The van der Waals surface area contributed by atoms with Crippen LogP contribution in [0.15, 0.2) is 259 Å². The summed E-state index contributed by atoms with van der Waals surface area (Å²) in [5.41, 5.74) is 16.1. The predicted molar refractivity (Wildman–Crippen MR) is 323 cm³/mol. The number of aromatic nitrogens is 6. The summed E-state index contributed by atoms with van der Waals surface area (Å²) in [4.78, 5) is 5.34. The number of fused-ring (bicyclic) bond motifs is 9. The van der Waals surface area contributed by atoms with Gasteiger partial charge in [0.2, 0.25) is 0 Å². The van der Waals surface area contributed by atoms with Crippen molar-refractivity contribution in [2.75, 3.05) is 0 Å². The minimum Gasteiger partial charge on any atom is -0.510 e. The first-order valence-electron chi connectivity index (χ1n) is 26.6. The molecule has 0 aliphatic carbocycles. The molecule has 0 unspecified atom stereocenters. The van der Waals surface area contributed by atoms with E-state index >= 15 is 0 Å². The summed E-state index contributed by atoms with van der Waals surface area (Å²) in [6.07, 6.45) is 5.91. The van der Waals surface area contributed by atoms with Crippen LogP contribution in [0.4, 0.5) is 0 Å². The van der Waals surface area contributed by atoms with E-state index < -0.39 is 0 Å². The molecule has 0 fully saturated rings. The molecule has 0 N–H and O–H groups in total. The maximum Gasteiger partial charge on any atom is 0.268 e. The number of para-hydroxylation sites is 8. The van der Waals surface area contributed by atoms with Gasteiger partial charge in [-0.2, -0.15) is 18.2 Å². The van der Waals surface area contributed by atoms with Crippen molar-refractivity contribution in [3.8, 4) is 11.1 Å². The molecular formula is C72H42N6OPt-2. The Balaban J connectivity index is 0.00000531. The van der Waals surface area contributed by atoms with Gasteiger partial charge in [0, 0.05) is 64.7 Å². The van der Waals surface area contributed by atoms with Gasteiger partial charge in [-0.15, -0.1) is 29.7 Å². The van der Waals surface area contributed by atoms with Crippen molar-refractivity contribution >= 4 is 137 Å². The number of imidazole rings is 1. The molecule has 80 heavy (non-hydrogen) atoms. The summed E-state index contributed by atoms with van der Waals surface area (Å²) >= 11 is 0.